The van der Waals surface area contributed by atoms with E-state index in [4.69, 9.17) is 0 Å². The number of hydrogen-bond donors (Lipinski definition) is 1. The number of carbonyl (C=O) groups excluding carboxylic acids is 2. The summed E-state index contributed by atoms with van der Waals surface area (Å²) in [5.41, 5.74) is 3.43. The highest BCUT2D eigenvalue weighted by molar-refractivity contribution is 5.83. The SMILES string of the molecule is Cc1cc(CNC(=O)C2CCN(C(=O)C(F)(F)F)CC2)c(C)n1C1CC1. The van der Waals surface area contributed by atoms with E-state index < -0.39 is 12.1 Å². The summed E-state index contributed by atoms with van der Waals surface area (Å²) in [6.07, 6.45) is -1.95. The van der Waals surface area contributed by atoms with E-state index >= 15 is 0 Å². The van der Waals surface area contributed by atoms with Gasteiger partial charge in [-0.15, -0.1) is 0 Å². The smallest absolute Gasteiger partial charge is 0.352 e. The third-order valence-corrected chi connectivity index (χ3v) is 5.35. The Bertz CT molecular complexity index is 699. The van der Waals surface area contributed by atoms with Gasteiger partial charge in [-0.05, 0) is 51.2 Å². The first kappa shape index (κ1) is 18.8. The summed E-state index contributed by atoms with van der Waals surface area (Å²) in [5.74, 6) is -2.32. The largest absolute Gasteiger partial charge is 0.471 e. The van der Waals surface area contributed by atoms with Gasteiger partial charge in [0.1, 0.15) is 0 Å². The summed E-state index contributed by atoms with van der Waals surface area (Å²) in [7, 11) is 0. The zero-order valence-electron chi connectivity index (χ0n) is 15.0. The minimum Gasteiger partial charge on any atom is -0.352 e. The van der Waals surface area contributed by atoms with Crippen LogP contribution in [0.25, 0.3) is 0 Å². The topological polar surface area (TPSA) is 54.3 Å². The first-order valence-corrected chi connectivity index (χ1v) is 8.99. The van der Waals surface area contributed by atoms with E-state index in [1.54, 1.807) is 0 Å². The van der Waals surface area contributed by atoms with Crippen molar-refractivity contribution in [3.05, 3.63) is 23.0 Å². The molecule has 0 atom stereocenters. The molecule has 0 bridgehead atoms. The van der Waals surface area contributed by atoms with E-state index in [1.807, 2.05) is 6.92 Å². The first-order valence-electron chi connectivity index (χ1n) is 8.99. The Hall–Kier alpha value is -1.99. The van der Waals surface area contributed by atoms with Crippen LogP contribution in [0.1, 0.15) is 48.7 Å². The van der Waals surface area contributed by atoms with Gasteiger partial charge in [-0.25, -0.2) is 0 Å². The van der Waals surface area contributed by atoms with E-state index in [1.165, 1.54) is 18.5 Å². The summed E-state index contributed by atoms with van der Waals surface area (Å²) in [6, 6.07) is 2.66. The Balaban J connectivity index is 1.51. The van der Waals surface area contributed by atoms with Gasteiger partial charge in [0.05, 0.1) is 0 Å². The number of likely N-dealkylation sites (tertiary alicyclic amines) is 1. The molecule has 1 saturated heterocycles. The maximum atomic E-state index is 12.5. The minimum atomic E-state index is -4.85. The molecule has 26 heavy (non-hydrogen) atoms. The molecule has 5 nitrogen and oxygen atoms in total. The molecule has 0 spiro atoms. The van der Waals surface area contributed by atoms with E-state index in [2.05, 4.69) is 22.9 Å². The molecule has 3 rings (SSSR count). The van der Waals surface area contributed by atoms with Crippen LogP contribution in [0, 0.1) is 19.8 Å². The highest BCUT2D eigenvalue weighted by Crippen LogP contribution is 2.38. The molecule has 2 heterocycles. The molecule has 0 unspecified atom stereocenters. The van der Waals surface area contributed by atoms with Crippen LogP contribution in [-0.4, -0.2) is 40.5 Å². The Labute approximate surface area is 150 Å². The second-order valence-corrected chi connectivity index (χ2v) is 7.28. The van der Waals surface area contributed by atoms with Gasteiger partial charge in [0.15, 0.2) is 0 Å². The van der Waals surface area contributed by atoms with Crippen molar-refractivity contribution >= 4 is 11.8 Å². The quantitative estimate of drug-likeness (QED) is 0.885. The van der Waals surface area contributed by atoms with Crippen LogP contribution < -0.4 is 5.32 Å². The lowest BCUT2D eigenvalue weighted by Gasteiger charge is -2.31. The lowest BCUT2D eigenvalue weighted by Crippen LogP contribution is -2.47. The van der Waals surface area contributed by atoms with Crippen molar-refractivity contribution in [3.63, 3.8) is 0 Å². The second-order valence-electron chi connectivity index (χ2n) is 7.28. The van der Waals surface area contributed by atoms with Gasteiger partial charge in [-0.1, -0.05) is 0 Å². The number of hydrogen-bond acceptors (Lipinski definition) is 2. The van der Waals surface area contributed by atoms with Crippen molar-refractivity contribution in [1.29, 1.82) is 0 Å². The van der Waals surface area contributed by atoms with Gasteiger partial charge in [0.2, 0.25) is 5.91 Å². The maximum absolute atomic E-state index is 12.5. The molecule has 1 aromatic rings. The van der Waals surface area contributed by atoms with Gasteiger partial charge in [0, 0.05) is 43.0 Å². The van der Waals surface area contributed by atoms with Crippen molar-refractivity contribution in [2.24, 2.45) is 5.92 Å². The summed E-state index contributed by atoms with van der Waals surface area (Å²) >= 11 is 0. The molecular weight excluding hydrogens is 347 g/mol. The van der Waals surface area contributed by atoms with Gasteiger partial charge in [-0.2, -0.15) is 13.2 Å². The molecule has 0 aromatic carbocycles. The molecule has 1 aliphatic carbocycles. The lowest BCUT2D eigenvalue weighted by atomic mass is 9.95. The number of carbonyl (C=O) groups is 2. The van der Waals surface area contributed by atoms with Crippen molar-refractivity contribution < 1.29 is 22.8 Å². The fourth-order valence-electron chi connectivity index (χ4n) is 3.77. The Morgan fingerprint density at radius 2 is 1.77 bits per heavy atom. The van der Waals surface area contributed by atoms with Crippen molar-refractivity contribution in [2.75, 3.05) is 13.1 Å². The number of nitrogens with one attached hydrogen (secondary N) is 1. The molecule has 1 saturated carbocycles. The highest BCUT2D eigenvalue weighted by atomic mass is 19.4. The van der Waals surface area contributed by atoms with Crippen LogP contribution >= 0.6 is 0 Å². The molecule has 2 aliphatic rings. The molecule has 1 aliphatic heterocycles. The standard InChI is InChI=1S/C18H24F3N3O2/c1-11-9-14(12(2)24(11)15-3-4-15)10-22-16(25)13-5-7-23(8-6-13)17(26)18(19,20)21/h9,13,15H,3-8,10H2,1-2H3,(H,22,25). The number of aryl methyl sites for hydroxylation is 1. The third kappa shape index (κ3) is 3.88. The molecule has 2 fully saturated rings. The van der Waals surface area contributed by atoms with E-state index in [0.717, 1.165) is 16.2 Å². The second kappa shape index (κ2) is 6.96. The Morgan fingerprint density at radius 3 is 2.31 bits per heavy atom. The van der Waals surface area contributed by atoms with Crippen LogP contribution in [0.3, 0.4) is 0 Å². The molecule has 1 aromatic heterocycles. The number of amides is 2. The average Bonchev–Trinajstić information content (AvgIpc) is 3.37. The Morgan fingerprint density at radius 1 is 1.15 bits per heavy atom. The molecule has 8 heteroatoms. The Kier molecular flexibility index (Phi) is 5.03. The molecule has 1 N–H and O–H groups in total. The van der Waals surface area contributed by atoms with Gasteiger partial charge in [0.25, 0.3) is 0 Å². The first-order chi connectivity index (χ1) is 12.2. The van der Waals surface area contributed by atoms with Gasteiger partial charge < -0.3 is 14.8 Å². The monoisotopic (exact) mass is 371 g/mol. The van der Waals surface area contributed by atoms with E-state index in [-0.39, 0.29) is 37.8 Å². The average molecular weight is 371 g/mol. The summed E-state index contributed by atoms with van der Waals surface area (Å²) in [4.78, 5) is 24.4. The van der Waals surface area contributed by atoms with Crippen LogP contribution in [-0.2, 0) is 16.1 Å². The van der Waals surface area contributed by atoms with E-state index in [0.29, 0.717) is 12.6 Å². The van der Waals surface area contributed by atoms with Gasteiger partial charge >= 0.3 is 12.1 Å². The normalized spacial score (nSPS) is 18.9. The van der Waals surface area contributed by atoms with Gasteiger partial charge in [-0.3, -0.25) is 9.59 Å². The number of rotatable bonds is 4. The predicted octanol–water partition coefficient (Wildman–Crippen LogP) is 2.86. The molecule has 0 radical (unpaired) electrons. The van der Waals surface area contributed by atoms with Crippen LogP contribution in [0.2, 0.25) is 0 Å². The van der Waals surface area contributed by atoms with Crippen LogP contribution in [0.5, 0.6) is 0 Å². The fraction of sp³-hybridized carbons (Fsp3) is 0.667. The zero-order valence-corrected chi connectivity index (χ0v) is 15.0. The zero-order chi connectivity index (χ0) is 19.1. The molecular formula is C18H24F3N3O2. The van der Waals surface area contributed by atoms with Crippen LogP contribution in [0.4, 0.5) is 13.2 Å². The minimum absolute atomic E-state index is 0.0351. The van der Waals surface area contributed by atoms with Crippen molar-refractivity contribution in [2.45, 2.75) is 58.3 Å². The number of aromatic nitrogens is 1. The molecule has 144 valence electrons. The number of halogens is 3. The lowest BCUT2D eigenvalue weighted by molar-refractivity contribution is -0.186. The van der Waals surface area contributed by atoms with E-state index in [9.17, 15) is 22.8 Å². The maximum Gasteiger partial charge on any atom is 0.471 e. The van der Waals surface area contributed by atoms with Crippen molar-refractivity contribution in [1.82, 2.24) is 14.8 Å². The summed E-state index contributed by atoms with van der Waals surface area (Å²) in [5, 5.41) is 2.91. The summed E-state index contributed by atoms with van der Waals surface area (Å²) in [6.45, 7) is 4.46. The fourth-order valence-corrected chi connectivity index (χ4v) is 3.77. The number of nitrogens with zero attached hydrogens (tertiary/aromatic N) is 2. The summed E-state index contributed by atoms with van der Waals surface area (Å²) < 4.78 is 39.7. The van der Waals surface area contributed by atoms with Crippen LogP contribution in [0.15, 0.2) is 6.07 Å². The molecule has 2 amide bonds. The predicted molar refractivity (Wildman–Crippen MR) is 89.4 cm³/mol. The van der Waals surface area contributed by atoms with Crippen molar-refractivity contribution in [3.8, 4) is 0 Å². The highest BCUT2D eigenvalue weighted by Gasteiger charge is 2.43. The number of piperidine rings is 1. The number of alkyl halides is 3. The third-order valence-electron chi connectivity index (χ3n) is 5.35.